The van der Waals surface area contributed by atoms with Crippen molar-refractivity contribution in [1.82, 2.24) is 5.32 Å². The van der Waals surface area contributed by atoms with Gasteiger partial charge >= 0.3 is 5.97 Å². The molecule has 3 atom stereocenters. The summed E-state index contributed by atoms with van der Waals surface area (Å²) in [6.45, 7) is 6.34. The molecular formula is C47H89NO5. The minimum absolute atomic E-state index is 0.0654. The Morgan fingerprint density at radius 3 is 1.43 bits per heavy atom. The third kappa shape index (κ3) is 37.1. The molecule has 0 saturated carbocycles. The van der Waals surface area contributed by atoms with Crippen molar-refractivity contribution in [2.45, 2.75) is 257 Å². The molecule has 312 valence electrons. The SMILES string of the molecule is CCC/C=C\CCCCCCCC(=O)OC(CCCCC/C=C\CCC)CC(=O)NC(CO)C(O)CCCCCCCCCCCCCCCCCC. The Labute approximate surface area is 329 Å². The second kappa shape index (κ2) is 41.5. The lowest BCUT2D eigenvalue weighted by Gasteiger charge is -2.24. The smallest absolute Gasteiger partial charge is 0.306 e. The van der Waals surface area contributed by atoms with Crippen LogP contribution in [0.3, 0.4) is 0 Å². The van der Waals surface area contributed by atoms with Gasteiger partial charge < -0.3 is 20.3 Å². The third-order valence-electron chi connectivity index (χ3n) is 10.5. The number of esters is 1. The van der Waals surface area contributed by atoms with Gasteiger partial charge in [-0.3, -0.25) is 9.59 Å². The van der Waals surface area contributed by atoms with Crippen molar-refractivity contribution in [3.8, 4) is 0 Å². The Balaban J connectivity index is 4.41. The van der Waals surface area contributed by atoms with E-state index in [1.165, 1.54) is 109 Å². The summed E-state index contributed by atoms with van der Waals surface area (Å²) in [7, 11) is 0. The molecule has 0 aliphatic carbocycles. The van der Waals surface area contributed by atoms with Crippen LogP contribution in [0.1, 0.15) is 239 Å². The molecule has 0 bridgehead atoms. The minimum atomic E-state index is -0.787. The van der Waals surface area contributed by atoms with Gasteiger partial charge in [0.15, 0.2) is 0 Å². The van der Waals surface area contributed by atoms with Crippen LogP contribution in [0.5, 0.6) is 0 Å². The van der Waals surface area contributed by atoms with Crippen molar-refractivity contribution in [2.75, 3.05) is 6.61 Å². The topological polar surface area (TPSA) is 95.9 Å². The lowest BCUT2D eigenvalue weighted by molar-refractivity contribution is -0.151. The summed E-state index contributed by atoms with van der Waals surface area (Å²) in [5.41, 5.74) is 0. The van der Waals surface area contributed by atoms with Crippen LogP contribution in [-0.4, -0.2) is 46.9 Å². The predicted octanol–water partition coefficient (Wildman–Crippen LogP) is 13.2. The second-order valence-electron chi connectivity index (χ2n) is 15.8. The van der Waals surface area contributed by atoms with E-state index in [4.69, 9.17) is 4.74 Å². The zero-order chi connectivity index (χ0) is 38.9. The molecule has 1 amide bonds. The molecule has 0 aromatic carbocycles. The van der Waals surface area contributed by atoms with Crippen LogP contribution < -0.4 is 5.32 Å². The summed E-state index contributed by atoms with van der Waals surface area (Å²) in [6, 6.07) is -0.702. The maximum Gasteiger partial charge on any atom is 0.306 e. The van der Waals surface area contributed by atoms with Crippen LogP contribution >= 0.6 is 0 Å². The molecule has 0 fully saturated rings. The van der Waals surface area contributed by atoms with Crippen molar-refractivity contribution < 1.29 is 24.5 Å². The van der Waals surface area contributed by atoms with E-state index in [-0.39, 0.29) is 24.9 Å². The van der Waals surface area contributed by atoms with Crippen molar-refractivity contribution in [1.29, 1.82) is 0 Å². The first-order chi connectivity index (χ1) is 26.0. The summed E-state index contributed by atoms with van der Waals surface area (Å²) >= 11 is 0. The standard InChI is InChI=1S/C47H89NO5/c1-4-7-10-13-16-19-21-22-23-24-25-26-27-30-33-36-39-45(50)44(42-49)48-46(51)41-43(38-35-32-29-18-15-12-9-6-3)53-47(52)40-37-34-31-28-20-17-14-11-8-5-2/h11-12,14-15,43-45,49-50H,4-10,13,16-42H2,1-3H3,(H,48,51)/b14-11-,15-12-. The molecule has 0 aromatic rings. The minimum Gasteiger partial charge on any atom is -0.462 e. The van der Waals surface area contributed by atoms with Gasteiger partial charge in [-0.05, 0) is 64.2 Å². The molecule has 53 heavy (non-hydrogen) atoms. The fourth-order valence-electron chi connectivity index (χ4n) is 6.96. The number of amides is 1. The van der Waals surface area contributed by atoms with Crippen LogP contribution in [0.25, 0.3) is 0 Å². The summed E-state index contributed by atoms with van der Waals surface area (Å²) in [6.07, 6.45) is 45.4. The summed E-state index contributed by atoms with van der Waals surface area (Å²) in [5, 5.41) is 23.6. The van der Waals surface area contributed by atoms with E-state index in [1.54, 1.807) is 0 Å². The Morgan fingerprint density at radius 1 is 0.528 bits per heavy atom. The van der Waals surface area contributed by atoms with Crippen molar-refractivity contribution >= 4 is 11.9 Å². The number of ether oxygens (including phenoxy) is 1. The van der Waals surface area contributed by atoms with E-state index >= 15 is 0 Å². The zero-order valence-corrected chi connectivity index (χ0v) is 35.4. The molecule has 0 rings (SSSR count). The number of aliphatic hydroxyl groups excluding tert-OH is 2. The maximum absolute atomic E-state index is 13.1. The van der Waals surface area contributed by atoms with E-state index in [9.17, 15) is 19.8 Å². The van der Waals surface area contributed by atoms with Gasteiger partial charge in [-0.2, -0.15) is 0 Å². The highest BCUT2D eigenvalue weighted by Gasteiger charge is 2.24. The van der Waals surface area contributed by atoms with Gasteiger partial charge in [0, 0.05) is 6.42 Å². The summed E-state index contributed by atoms with van der Waals surface area (Å²) in [4.78, 5) is 25.8. The highest BCUT2D eigenvalue weighted by Crippen LogP contribution is 2.17. The first-order valence-corrected chi connectivity index (χ1v) is 23.1. The number of rotatable bonds is 41. The molecule has 0 aliphatic heterocycles. The molecule has 6 heteroatoms. The second-order valence-corrected chi connectivity index (χ2v) is 15.8. The number of hydrogen-bond donors (Lipinski definition) is 3. The maximum atomic E-state index is 13.1. The molecule has 0 aromatic heterocycles. The van der Waals surface area contributed by atoms with Crippen LogP contribution in [0.2, 0.25) is 0 Å². The van der Waals surface area contributed by atoms with Crippen molar-refractivity contribution in [3.63, 3.8) is 0 Å². The lowest BCUT2D eigenvalue weighted by atomic mass is 10.0. The highest BCUT2D eigenvalue weighted by molar-refractivity contribution is 5.77. The highest BCUT2D eigenvalue weighted by atomic mass is 16.5. The number of unbranched alkanes of at least 4 members (excludes halogenated alkanes) is 25. The summed E-state index contributed by atoms with van der Waals surface area (Å²) in [5.74, 6) is -0.501. The molecule has 6 nitrogen and oxygen atoms in total. The van der Waals surface area contributed by atoms with Gasteiger partial charge in [0.25, 0.3) is 0 Å². The Hall–Kier alpha value is -1.66. The quantitative estimate of drug-likeness (QED) is 0.0329. The van der Waals surface area contributed by atoms with Gasteiger partial charge in [0.1, 0.15) is 6.10 Å². The van der Waals surface area contributed by atoms with Crippen LogP contribution in [0.4, 0.5) is 0 Å². The van der Waals surface area contributed by atoms with Gasteiger partial charge in [0.2, 0.25) is 5.91 Å². The average molecular weight is 748 g/mol. The zero-order valence-electron chi connectivity index (χ0n) is 35.4. The number of carbonyl (C=O) groups is 2. The molecule has 3 unspecified atom stereocenters. The first kappa shape index (κ1) is 51.3. The molecule has 0 heterocycles. The largest absolute Gasteiger partial charge is 0.462 e. The number of hydrogen-bond acceptors (Lipinski definition) is 5. The van der Waals surface area contributed by atoms with Crippen LogP contribution in [0.15, 0.2) is 24.3 Å². The Morgan fingerprint density at radius 2 is 0.943 bits per heavy atom. The molecule has 0 radical (unpaired) electrons. The number of allylic oxidation sites excluding steroid dienone is 4. The van der Waals surface area contributed by atoms with Crippen LogP contribution in [-0.2, 0) is 14.3 Å². The number of aliphatic hydroxyl groups is 2. The van der Waals surface area contributed by atoms with Crippen molar-refractivity contribution in [2.24, 2.45) is 0 Å². The van der Waals surface area contributed by atoms with E-state index in [0.29, 0.717) is 19.3 Å². The fourth-order valence-corrected chi connectivity index (χ4v) is 6.96. The summed E-state index contributed by atoms with van der Waals surface area (Å²) < 4.78 is 5.85. The van der Waals surface area contributed by atoms with Gasteiger partial charge in [-0.1, -0.05) is 186 Å². The molecule has 0 saturated heterocycles. The Kier molecular flexibility index (Phi) is 40.2. The van der Waals surface area contributed by atoms with Gasteiger partial charge in [-0.15, -0.1) is 0 Å². The number of carbonyl (C=O) groups excluding carboxylic acids is 2. The van der Waals surface area contributed by atoms with E-state index in [0.717, 1.165) is 83.5 Å². The van der Waals surface area contributed by atoms with E-state index in [1.807, 2.05) is 0 Å². The first-order valence-electron chi connectivity index (χ1n) is 23.1. The normalized spacial score (nSPS) is 13.5. The average Bonchev–Trinajstić information content (AvgIpc) is 3.15. The van der Waals surface area contributed by atoms with E-state index < -0.39 is 18.2 Å². The molecular weight excluding hydrogens is 659 g/mol. The van der Waals surface area contributed by atoms with Gasteiger partial charge in [-0.25, -0.2) is 0 Å². The molecule has 0 spiro atoms. The fraction of sp³-hybridized carbons (Fsp3) is 0.872. The van der Waals surface area contributed by atoms with E-state index in [2.05, 4.69) is 50.4 Å². The number of nitrogens with one attached hydrogen (secondary N) is 1. The predicted molar refractivity (Wildman–Crippen MR) is 227 cm³/mol. The van der Waals surface area contributed by atoms with Gasteiger partial charge in [0.05, 0.1) is 25.2 Å². The lowest BCUT2D eigenvalue weighted by Crippen LogP contribution is -2.46. The molecule has 3 N–H and O–H groups in total. The third-order valence-corrected chi connectivity index (χ3v) is 10.5. The van der Waals surface area contributed by atoms with Crippen molar-refractivity contribution in [3.05, 3.63) is 24.3 Å². The Bertz CT molecular complexity index is 843. The monoisotopic (exact) mass is 748 g/mol. The molecule has 0 aliphatic rings. The van der Waals surface area contributed by atoms with Crippen LogP contribution in [0, 0.1) is 0 Å².